The number of likely N-dealkylation sites (tertiary alicyclic amines) is 1. The van der Waals surface area contributed by atoms with Gasteiger partial charge in [-0.2, -0.15) is 0 Å². The SMILES string of the molecule is CNC(=O)C1CNNC1C1(C)CCN(C(=O)c2ccccc2)CC1. The van der Waals surface area contributed by atoms with Crippen molar-refractivity contribution in [3.05, 3.63) is 35.9 Å². The molecule has 3 rings (SSSR count). The molecule has 0 bridgehead atoms. The second-order valence-electron chi connectivity index (χ2n) is 7.04. The number of amides is 2. The van der Waals surface area contributed by atoms with Crippen LogP contribution in [0.5, 0.6) is 0 Å². The van der Waals surface area contributed by atoms with Crippen LogP contribution in [-0.4, -0.2) is 49.4 Å². The third-order valence-electron chi connectivity index (χ3n) is 5.53. The van der Waals surface area contributed by atoms with E-state index in [-0.39, 0.29) is 29.2 Å². The van der Waals surface area contributed by atoms with Gasteiger partial charge in [0.15, 0.2) is 0 Å². The van der Waals surface area contributed by atoms with E-state index in [1.807, 2.05) is 35.2 Å². The van der Waals surface area contributed by atoms with Crippen LogP contribution in [0, 0.1) is 11.3 Å². The average molecular weight is 330 g/mol. The first-order valence-electron chi connectivity index (χ1n) is 8.59. The van der Waals surface area contributed by atoms with Gasteiger partial charge < -0.3 is 10.2 Å². The Balaban J connectivity index is 1.65. The van der Waals surface area contributed by atoms with E-state index in [2.05, 4.69) is 23.1 Å². The zero-order valence-electron chi connectivity index (χ0n) is 14.3. The number of carbonyl (C=O) groups excluding carboxylic acids is 2. The number of nitrogens with zero attached hydrogens (tertiary/aromatic N) is 1. The number of nitrogens with one attached hydrogen (secondary N) is 3. The molecule has 0 spiro atoms. The zero-order valence-corrected chi connectivity index (χ0v) is 14.3. The molecule has 130 valence electrons. The number of hydrogen-bond acceptors (Lipinski definition) is 4. The van der Waals surface area contributed by atoms with E-state index in [4.69, 9.17) is 0 Å². The lowest BCUT2D eigenvalue weighted by Crippen LogP contribution is -2.54. The van der Waals surface area contributed by atoms with Gasteiger partial charge in [-0.05, 0) is 30.4 Å². The van der Waals surface area contributed by atoms with Crippen LogP contribution in [0.4, 0.5) is 0 Å². The summed E-state index contributed by atoms with van der Waals surface area (Å²) >= 11 is 0. The third kappa shape index (κ3) is 3.16. The number of hydrazine groups is 1. The molecule has 2 amide bonds. The second-order valence-corrected chi connectivity index (χ2v) is 7.04. The van der Waals surface area contributed by atoms with E-state index < -0.39 is 0 Å². The topological polar surface area (TPSA) is 73.5 Å². The van der Waals surface area contributed by atoms with Crippen LogP contribution >= 0.6 is 0 Å². The molecule has 2 aliphatic heterocycles. The molecule has 6 heteroatoms. The molecule has 2 fully saturated rings. The van der Waals surface area contributed by atoms with Crippen LogP contribution in [0.25, 0.3) is 0 Å². The van der Waals surface area contributed by atoms with E-state index in [1.165, 1.54) is 0 Å². The van der Waals surface area contributed by atoms with Gasteiger partial charge in [0.25, 0.3) is 5.91 Å². The maximum Gasteiger partial charge on any atom is 0.253 e. The molecule has 0 radical (unpaired) electrons. The van der Waals surface area contributed by atoms with Gasteiger partial charge in [-0.1, -0.05) is 25.1 Å². The van der Waals surface area contributed by atoms with E-state index >= 15 is 0 Å². The van der Waals surface area contributed by atoms with E-state index in [9.17, 15) is 9.59 Å². The van der Waals surface area contributed by atoms with E-state index in [0.29, 0.717) is 6.54 Å². The summed E-state index contributed by atoms with van der Waals surface area (Å²) in [6, 6.07) is 9.51. The maximum atomic E-state index is 12.6. The number of benzene rings is 1. The Bertz CT molecular complexity index is 596. The Kier molecular flexibility index (Phi) is 4.87. The Labute approximate surface area is 143 Å². The van der Waals surface area contributed by atoms with Crippen molar-refractivity contribution in [3.8, 4) is 0 Å². The fraction of sp³-hybridized carbons (Fsp3) is 0.556. The standard InChI is InChI=1S/C18H26N4O2/c1-18(15-14(12-20-21-15)16(23)19-2)8-10-22(11-9-18)17(24)13-6-4-3-5-7-13/h3-7,14-15,20-21H,8-12H2,1-2H3,(H,19,23). The van der Waals surface area contributed by atoms with Crippen molar-refractivity contribution in [2.24, 2.45) is 11.3 Å². The predicted molar refractivity (Wildman–Crippen MR) is 92.2 cm³/mol. The summed E-state index contributed by atoms with van der Waals surface area (Å²) in [6.07, 6.45) is 1.77. The van der Waals surface area contributed by atoms with Crippen LogP contribution in [0.2, 0.25) is 0 Å². The van der Waals surface area contributed by atoms with Crippen molar-refractivity contribution in [3.63, 3.8) is 0 Å². The molecule has 0 aromatic heterocycles. The Morgan fingerprint density at radius 3 is 2.50 bits per heavy atom. The average Bonchev–Trinajstić information content (AvgIpc) is 3.12. The molecule has 6 nitrogen and oxygen atoms in total. The van der Waals surface area contributed by atoms with Crippen molar-refractivity contribution in [1.82, 2.24) is 21.1 Å². The Morgan fingerprint density at radius 1 is 1.21 bits per heavy atom. The monoisotopic (exact) mass is 330 g/mol. The maximum absolute atomic E-state index is 12.6. The molecule has 2 unspecified atom stereocenters. The van der Waals surface area contributed by atoms with Crippen LogP contribution in [0.1, 0.15) is 30.1 Å². The lowest BCUT2D eigenvalue weighted by molar-refractivity contribution is -0.125. The lowest BCUT2D eigenvalue weighted by atomic mass is 9.70. The quantitative estimate of drug-likeness (QED) is 0.765. The van der Waals surface area contributed by atoms with Gasteiger partial charge in [0.2, 0.25) is 5.91 Å². The molecule has 2 atom stereocenters. The van der Waals surface area contributed by atoms with Gasteiger partial charge in [-0.15, -0.1) is 0 Å². The number of rotatable bonds is 3. The van der Waals surface area contributed by atoms with Gasteiger partial charge in [0.05, 0.1) is 5.92 Å². The largest absolute Gasteiger partial charge is 0.359 e. The summed E-state index contributed by atoms with van der Waals surface area (Å²) in [5.74, 6) is 0.0934. The minimum atomic E-state index is -0.0728. The fourth-order valence-electron chi connectivity index (χ4n) is 3.88. The first-order chi connectivity index (χ1) is 11.5. The molecule has 1 aromatic rings. The van der Waals surface area contributed by atoms with E-state index in [1.54, 1.807) is 7.05 Å². The molecule has 2 saturated heterocycles. The summed E-state index contributed by atoms with van der Waals surface area (Å²) in [7, 11) is 1.68. The molecular formula is C18H26N4O2. The highest BCUT2D eigenvalue weighted by molar-refractivity contribution is 5.94. The van der Waals surface area contributed by atoms with Crippen molar-refractivity contribution in [1.29, 1.82) is 0 Å². The van der Waals surface area contributed by atoms with Crippen molar-refractivity contribution >= 4 is 11.8 Å². The van der Waals surface area contributed by atoms with Crippen molar-refractivity contribution in [2.75, 3.05) is 26.7 Å². The molecule has 0 aliphatic carbocycles. The van der Waals surface area contributed by atoms with Gasteiger partial charge in [0, 0.05) is 38.3 Å². The summed E-state index contributed by atoms with van der Waals surface area (Å²) < 4.78 is 0. The predicted octanol–water partition coefficient (Wildman–Crippen LogP) is 0.768. The van der Waals surface area contributed by atoms with Crippen LogP contribution in [0.3, 0.4) is 0 Å². The highest BCUT2D eigenvalue weighted by Gasteiger charge is 2.46. The molecular weight excluding hydrogens is 304 g/mol. The minimum Gasteiger partial charge on any atom is -0.359 e. The zero-order chi connectivity index (χ0) is 17.2. The Hall–Kier alpha value is -1.92. The van der Waals surface area contributed by atoms with Crippen LogP contribution < -0.4 is 16.2 Å². The van der Waals surface area contributed by atoms with Crippen LogP contribution in [0.15, 0.2) is 30.3 Å². The van der Waals surface area contributed by atoms with Gasteiger partial charge in [-0.3, -0.25) is 20.4 Å². The highest BCUT2D eigenvalue weighted by Crippen LogP contribution is 2.39. The van der Waals surface area contributed by atoms with Gasteiger partial charge in [-0.25, -0.2) is 0 Å². The summed E-state index contributed by atoms with van der Waals surface area (Å²) in [4.78, 5) is 26.6. The molecule has 0 saturated carbocycles. The summed E-state index contributed by atoms with van der Waals surface area (Å²) in [5, 5.41) is 2.76. The first kappa shape index (κ1) is 16.9. The molecule has 3 N–H and O–H groups in total. The number of carbonyl (C=O) groups is 2. The summed E-state index contributed by atoms with van der Waals surface area (Å²) in [5.41, 5.74) is 7.16. The van der Waals surface area contributed by atoms with E-state index in [0.717, 1.165) is 31.5 Å². The number of piperidine rings is 1. The van der Waals surface area contributed by atoms with Crippen molar-refractivity contribution in [2.45, 2.75) is 25.8 Å². The Morgan fingerprint density at radius 2 is 1.88 bits per heavy atom. The third-order valence-corrected chi connectivity index (χ3v) is 5.53. The lowest BCUT2D eigenvalue weighted by Gasteiger charge is -2.44. The second kappa shape index (κ2) is 6.91. The first-order valence-corrected chi connectivity index (χ1v) is 8.59. The molecule has 2 aliphatic rings. The van der Waals surface area contributed by atoms with Crippen LogP contribution in [-0.2, 0) is 4.79 Å². The minimum absolute atomic E-state index is 0.00581. The number of hydrogen-bond donors (Lipinski definition) is 3. The normalized spacial score (nSPS) is 26.2. The summed E-state index contributed by atoms with van der Waals surface area (Å²) in [6.45, 7) is 4.32. The fourth-order valence-corrected chi connectivity index (χ4v) is 3.88. The smallest absolute Gasteiger partial charge is 0.253 e. The molecule has 24 heavy (non-hydrogen) atoms. The molecule has 1 aromatic carbocycles. The van der Waals surface area contributed by atoms with Crippen molar-refractivity contribution < 1.29 is 9.59 Å². The molecule has 2 heterocycles. The van der Waals surface area contributed by atoms with Gasteiger partial charge in [0.1, 0.15) is 0 Å². The highest BCUT2D eigenvalue weighted by atomic mass is 16.2. The van der Waals surface area contributed by atoms with Gasteiger partial charge >= 0.3 is 0 Å².